The molecule has 1 aromatic carbocycles. The Morgan fingerprint density at radius 2 is 2.00 bits per heavy atom. The number of thiophene rings is 1. The molecule has 0 bridgehead atoms. The van der Waals surface area contributed by atoms with Crippen LogP contribution in [0.1, 0.15) is 41.6 Å². The van der Waals surface area contributed by atoms with Gasteiger partial charge in [-0.15, -0.1) is 11.3 Å². The number of rotatable bonds is 6. The second-order valence-electron chi connectivity index (χ2n) is 7.91. The average Bonchev–Trinajstić information content (AvgIpc) is 3.29. The minimum atomic E-state index is -0.702. The molecule has 1 aliphatic rings. The van der Waals surface area contributed by atoms with E-state index in [2.05, 4.69) is 4.98 Å². The molecule has 3 aromatic rings. The van der Waals surface area contributed by atoms with E-state index in [4.69, 9.17) is 4.74 Å². The first kappa shape index (κ1) is 21.8. The molecule has 1 amide bonds. The molecule has 1 saturated heterocycles. The van der Waals surface area contributed by atoms with Crippen LogP contribution in [0.15, 0.2) is 65.7 Å². The number of amides is 1. The fourth-order valence-corrected chi connectivity index (χ4v) is 4.84. The van der Waals surface area contributed by atoms with Gasteiger partial charge in [0.25, 0.3) is 11.7 Å². The van der Waals surface area contributed by atoms with E-state index in [9.17, 15) is 14.7 Å². The van der Waals surface area contributed by atoms with Crippen LogP contribution in [0.4, 0.5) is 0 Å². The zero-order chi connectivity index (χ0) is 22.8. The normalized spacial score (nSPS) is 17.9. The Labute approximate surface area is 190 Å². The number of carbonyl (C=O) groups excluding carboxylic acids is 2. The van der Waals surface area contributed by atoms with Crippen molar-refractivity contribution in [1.29, 1.82) is 0 Å². The molecular formula is C25H24N2O4S. The zero-order valence-corrected chi connectivity index (χ0v) is 18.9. The van der Waals surface area contributed by atoms with Crippen LogP contribution < -0.4 is 4.74 Å². The van der Waals surface area contributed by atoms with Crippen LogP contribution in [0, 0.1) is 6.92 Å². The lowest BCUT2D eigenvalue weighted by Crippen LogP contribution is -2.29. The fraction of sp³-hybridized carbons (Fsp3) is 0.240. The summed E-state index contributed by atoms with van der Waals surface area (Å²) < 4.78 is 5.73. The molecular weight excluding hydrogens is 424 g/mol. The number of ether oxygens (including phenoxy) is 1. The Balaban J connectivity index is 1.83. The van der Waals surface area contributed by atoms with Crippen LogP contribution in [0.3, 0.4) is 0 Å². The van der Waals surface area contributed by atoms with Crippen molar-refractivity contribution in [2.75, 3.05) is 0 Å². The van der Waals surface area contributed by atoms with Gasteiger partial charge in [0.1, 0.15) is 17.6 Å². The highest BCUT2D eigenvalue weighted by Gasteiger charge is 2.47. The lowest BCUT2D eigenvalue weighted by molar-refractivity contribution is -0.140. The zero-order valence-electron chi connectivity index (χ0n) is 18.1. The van der Waals surface area contributed by atoms with Crippen molar-refractivity contribution in [3.63, 3.8) is 0 Å². The van der Waals surface area contributed by atoms with Gasteiger partial charge in [0.15, 0.2) is 0 Å². The number of hydrogen-bond donors (Lipinski definition) is 1. The number of aromatic nitrogens is 1. The Kier molecular flexibility index (Phi) is 6.10. The topological polar surface area (TPSA) is 79.7 Å². The summed E-state index contributed by atoms with van der Waals surface area (Å²) >= 11 is 1.46. The summed E-state index contributed by atoms with van der Waals surface area (Å²) in [5.41, 5.74) is 2.13. The quantitative estimate of drug-likeness (QED) is 0.331. The molecule has 1 fully saturated rings. The minimum Gasteiger partial charge on any atom is -0.507 e. The maximum absolute atomic E-state index is 13.1. The molecule has 7 heteroatoms. The number of aliphatic hydroxyl groups excluding tert-OH is 1. The van der Waals surface area contributed by atoms with Crippen molar-refractivity contribution in [2.24, 2.45) is 0 Å². The Bertz CT molecular complexity index is 1180. The lowest BCUT2D eigenvalue weighted by Gasteiger charge is -2.24. The molecule has 32 heavy (non-hydrogen) atoms. The Hall–Kier alpha value is -3.45. The second kappa shape index (κ2) is 8.96. The van der Waals surface area contributed by atoms with Gasteiger partial charge in [-0.2, -0.15) is 0 Å². The molecule has 164 valence electrons. The average molecular weight is 449 g/mol. The molecule has 1 N–H and O–H groups in total. The van der Waals surface area contributed by atoms with Crippen LogP contribution in [0.2, 0.25) is 0 Å². The van der Waals surface area contributed by atoms with Crippen molar-refractivity contribution < 1.29 is 19.4 Å². The Morgan fingerprint density at radius 1 is 1.19 bits per heavy atom. The minimum absolute atomic E-state index is 0.0369. The smallest absolute Gasteiger partial charge is 0.296 e. The molecule has 0 spiro atoms. The van der Waals surface area contributed by atoms with Crippen LogP contribution in [0.25, 0.3) is 5.76 Å². The van der Waals surface area contributed by atoms with Gasteiger partial charge in [0.2, 0.25) is 0 Å². The van der Waals surface area contributed by atoms with Crippen LogP contribution in [0.5, 0.6) is 5.75 Å². The SMILES string of the molecule is Cc1ccsc1C1/C(=C(/O)c2cccc(OC(C)C)c2)C(=O)C(=O)N1Cc1ccccn1. The van der Waals surface area contributed by atoms with E-state index in [-0.39, 0.29) is 24.0 Å². The van der Waals surface area contributed by atoms with E-state index in [0.717, 1.165) is 10.4 Å². The number of carbonyl (C=O) groups is 2. The second-order valence-corrected chi connectivity index (χ2v) is 8.86. The number of benzene rings is 1. The van der Waals surface area contributed by atoms with Crippen LogP contribution in [-0.4, -0.2) is 32.8 Å². The first-order valence-corrected chi connectivity index (χ1v) is 11.2. The van der Waals surface area contributed by atoms with Crippen molar-refractivity contribution >= 4 is 28.8 Å². The largest absolute Gasteiger partial charge is 0.507 e. The third kappa shape index (κ3) is 4.16. The highest BCUT2D eigenvalue weighted by Crippen LogP contribution is 2.43. The third-order valence-corrected chi connectivity index (χ3v) is 6.30. The standard InChI is InChI=1S/C25H24N2O4S/c1-15(2)31-19-9-6-7-17(13-19)22(28)20-21(24-16(3)10-12-32-24)27(25(30)23(20)29)14-18-8-4-5-11-26-18/h4-13,15,21,28H,14H2,1-3H3/b22-20-. The van der Waals surface area contributed by atoms with Crippen molar-refractivity contribution in [3.8, 4) is 5.75 Å². The van der Waals surface area contributed by atoms with Crippen LogP contribution in [-0.2, 0) is 16.1 Å². The van der Waals surface area contributed by atoms with Gasteiger partial charge in [-0.05, 0) is 62.0 Å². The van der Waals surface area contributed by atoms with E-state index in [0.29, 0.717) is 17.0 Å². The van der Waals surface area contributed by atoms with Gasteiger partial charge in [-0.3, -0.25) is 14.6 Å². The molecule has 1 atom stereocenters. The van der Waals surface area contributed by atoms with Crippen molar-refractivity contribution in [2.45, 2.75) is 39.5 Å². The number of hydrogen-bond acceptors (Lipinski definition) is 6. The maximum atomic E-state index is 13.1. The fourth-order valence-electron chi connectivity index (χ4n) is 3.79. The highest BCUT2D eigenvalue weighted by atomic mass is 32.1. The number of Topliss-reactive ketones (excluding diaryl/α,β-unsaturated/α-hetero) is 1. The summed E-state index contributed by atoms with van der Waals surface area (Å²) in [6, 6.07) is 13.6. The summed E-state index contributed by atoms with van der Waals surface area (Å²) in [4.78, 5) is 32.9. The van der Waals surface area contributed by atoms with Gasteiger partial charge >= 0.3 is 0 Å². The third-order valence-electron chi connectivity index (χ3n) is 5.23. The van der Waals surface area contributed by atoms with E-state index >= 15 is 0 Å². The van der Waals surface area contributed by atoms with E-state index in [1.165, 1.54) is 16.2 Å². The summed E-state index contributed by atoms with van der Waals surface area (Å²) in [5, 5.41) is 13.1. The predicted molar refractivity (Wildman–Crippen MR) is 123 cm³/mol. The van der Waals surface area contributed by atoms with E-state index < -0.39 is 17.7 Å². The first-order chi connectivity index (χ1) is 15.4. The first-order valence-electron chi connectivity index (χ1n) is 10.4. The van der Waals surface area contributed by atoms with E-state index in [1.807, 2.05) is 44.4 Å². The molecule has 0 saturated carbocycles. The summed E-state index contributed by atoms with van der Waals surface area (Å²) in [7, 11) is 0. The van der Waals surface area contributed by atoms with Gasteiger partial charge in [0.05, 0.1) is 23.9 Å². The van der Waals surface area contributed by atoms with E-state index in [1.54, 1.807) is 36.5 Å². The predicted octanol–water partition coefficient (Wildman–Crippen LogP) is 4.86. The number of nitrogens with zero attached hydrogens (tertiary/aromatic N) is 2. The molecule has 6 nitrogen and oxygen atoms in total. The van der Waals surface area contributed by atoms with Gasteiger partial charge in [-0.1, -0.05) is 18.2 Å². The van der Waals surface area contributed by atoms with Gasteiger partial charge in [-0.25, -0.2) is 0 Å². The summed E-state index contributed by atoms with van der Waals surface area (Å²) in [6.45, 7) is 5.93. The van der Waals surface area contributed by atoms with Crippen molar-refractivity contribution in [3.05, 3.63) is 87.4 Å². The summed E-state index contributed by atoms with van der Waals surface area (Å²) in [5.74, 6) is -0.981. The number of pyridine rings is 1. The number of aliphatic hydroxyl groups is 1. The van der Waals surface area contributed by atoms with Gasteiger partial charge < -0.3 is 14.7 Å². The van der Waals surface area contributed by atoms with Crippen LogP contribution >= 0.6 is 11.3 Å². The Morgan fingerprint density at radius 3 is 2.66 bits per heavy atom. The van der Waals surface area contributed by atoms with Gasteiger partial charge in [0, 0.05) is 16.6 Å². The number of ketones is 1. The van der Waals surface area contributed by atoms with Crippen molar-refractivity contribution in [1.82, 2.24) is 9.88 Å². The molecule has 0 aliphatic carbocycles. The molecule has 3 heterocycles. The highest BCUT2D eigenvalue weighted by molar-refractivity contribution is 7.10. The monoisotopic (exact) mass is 448 g/mol. The molecule has 0 radical (unpaired) electrons. The molecule has 2 aromatic heterocycles. The maximum Gasteiger partial charge on any atom is 0.296 e. The molecule has 1 unspecified atom stereocenters. The number of aryl methyl sites for hydroxylation is 1. The lowest BCUT2D eigenvalue weighted by atomic mass is 9.98. The molecule has 1 aliphatic heterocycles. The summed E-state index contributed by atoms with van der Waals surface area (Å²) in [6.07, 6.45) is 1.61. The number of likely N-dealkylation sites (tertiary alicyclic amines) is 1. The molecule has 4 rings (SSSR count).